The molecule has 0 aliphatic rings. The van der Waals surface area contributed by atoms with E-state index in [9.17, 15) is 9.59 Å². The molecule has 0 unspecified atom stereocenters. The SMILES string of the molecule is COc1cc(CCC(=O)NCCNc2n[nH]c(=O)c3ccccc23)cc(OC)c1OC. The van der Waals surface area contributed by atoms with Crippen LogP contribution in [0.5, 0.6) is 17.2 Å². The van der Waals surface area contributed by atoms with Crippen molar-refractivity contribution >= 4 is 22.5 Å². The highest BCUT2D eigenvalue weighted by Gasteiger charge is 2.14. The summed E-state index contributed by atoms with van der Waals surface area (Å²) in [6.45, 7) is 0.891. The maximum absolute atomic E-state index is 12.2. The Hall–Kier alpha value is -3.75. The van der Waals surface area contributed by atoms with Gasteiger partial charge in [0.2, 0.25) is 11.7 Å². The molecule has 9 nitrogen and oxygen atoms in total. The van der Waals surface area contributed by atoms with Gasteiger partial charge in [0, 0.05) is 24.9 Å². The first kappa shape index (κ1) is 21.9. The zero-order valence-corrected chi connectivity index (χ0v) is 17.8. The molecular weight excluding hydrogens is 400 g/mol. The second-order valence-electron chi connectivity index (χ2n) is 6.76. The summed E-state index contributed by atoms with van der Waals surface area (Å²) in [4.78, 5) is 24.1. The van der Waals surface area contributed by atoms with Crippen molar-refractivity contribution < 1.29 is 19.0 Å². The van der Waals surface area contributed by atoms with Crippen molar-refractivity contribution in [2.24, 2.45) is 0 Å². The second kappa shape index (κ2) is 10.3. The van der Waals surface area contributed by atoms with Crippen LogP contribution in [0.2, 0.25) is 0 Å². The molecule has 1 heterocycles. The Labute approximate surface area is 179 Å². The van der Waals surface area contributed by atoms with E-state index in [-0.39, 0.29) is 11.5 Å². The number of methoxy groups -OCH3 is 3. The number of aromatic nitrogens is 2. The number of carbonyl (C=O) groups excluding carboxylic acids is 1. The summed E-state index contributed by atoms with van der Waals surface area (Å²) in [7, 11) is 4.66. The van der Waals surface area contributed by atoms with Crippen LogP contribution < -0.4 is 30.4 Å². The number of amides is 1. The zero-order chi connectivity index (χ0) is 22.2. The number of ether oxygens (including phenoxy) is 3. The molecule has 3 rings (SSSR count). The van der Waals surface area contributed by atoms with E-state index in [2.05, 4.69) is 20.8 Å². The molecule has 31 heavy (non-hydrogen) atoms. The van der Waals surface area contributed by atoms with Crippen LogP contribution in [-0.4, -0.2) is 50.5 Å². The average Bonchev–Trinajstić information content (AvgIpc) is 2.81. The minimum absolute atomic E-state index is 0.0742. The third-order valence-electron chi connectivity index (χ3n) is 4.80. The Morgan fingerprint density at radius 1 is 1.00 bits per heavy atom. The Morgan fingerprint density at radius 3 is 2.32 bits per heavy atom. The van der Waals surface area contributed by atoms with Crippen LogP contribution >= 0.6 is 0 Å². The van der Waals surface area contributed by atoms with Crippen molar-refractivity contribution in [1.82, 2.24) is 15.5 Å². The summed E-state index contributed by atoms with van der Waals surface area (Å²) in [5, 5.41) is 13.8. The second-order valence-corrected chi connectivity index (χ2v) is 6.76. The Morgan fingerprint density at radius 2 is 1.68 bits per heavy atom. The van der Waals surface area contributed by atoms with Gasteiger partial charge >= 0.3 is 0 Å². The first-order valence-corrected chi connectivity index (χ1v) is 9.84. The van der Waals surface area contributed by atoms with Crippen LogP contribution in [0.3, 0.4) is 0 Å². The van der Waals surface area contributed by atoms with E-state index in [0.717, 1.165) is 10.9 Å². The van der Waals surface area contributed by atoms with Gasteiger partial charge in [-0.15, -0.1) is 0 Å². The predicted molar refractivity (Wildman–Crippen MR) is 118 cm³/mol. The van der Waals surface area contributed by atoms with Crippen LogP contribution in [-0.2, 0) is 11.2 Å². The predicted octanol–water partition coefficient (Wildman–Crippen LogP) is 2.11. The minimum atomic E-state index is -0.235. The molecule has 0 atom stereocenters. The molecule has 0 saturated heterocycles. The number of aromatic amines is 1. The number of hydrogen-bond acceptors (Lipinski definition) is 7. The van der Waals surface area contributed by atoms with Gasteiger partial charge in [0.25, 0.3) is 5.56 Å². The summed E-state index contributed by atoms with van der Waals surface area (Å²) in [5.74, 6) is 2.13. The fourth-order valence-electron chi connectivity index (χ4n) is 3.26. The summed E-state index contributed by atoms with van der Waals surface area (Å²) in [6, 6.07) is 10.9. The lowest BCUT2D eigenvalue weighted by atomic mass is 10.1. The largest absolute Gasteiger partial charge is 0.493 e. The van der Waals surface area contributed by atoms with Crippen molar-refractivity contribution in [1.29, 1.82) is 0 Å². The molecule has 0 fully saturated rings. The van der Waals surface area contributed by atoms with E-state index < -0.39 is 0 Å². The van der Waals surface area contributed by atoms with Crippen molar-refractivity contribution in [2.75, 3.05) is 39.7 Å². The number of nitrogens with zero attached hydrogens (tertiary/aromatic N) is 1. The van der Waals surface area contributed by atoms with E-state index in [1.807, 2.05) is 24.3 Å². The van der Waals surface area contributed by atoms with E-state index in [1.54, 1.807) is 33.5 Å². The summed E-state index contributed by atoms with van der Waals surface area (Å²) in [5.41, 5.74) is 0.674. The molecule has 1 amide bonds. The zero-order valence-electron chi connectivity index (χ0n) is 17.8. The number of carbonyl (C=O) groups is 1. The molecule has 0 bridgehead atoms. The maximum Gasteiger partial charge on any atom is 0.272 e. The van der Waals surface area contributed by atoms with Gasteiger partial charge in [0.1, 0.15) is 0 Å². The molecule has 2 aromatic carbocycles. The molecule has 3 N–H and O–H groups in total. The van der Waals surface area contributed by atoms with Gasteiger partial charge in [0.05, 0.1) is 26.7 Å². The standard InChI is InChI=1S/C22H26N4O5/c1-29-17-12-14(13-18(30-2)20(17)31-3)8-9-19(27)23-10-11-24-21-15-6-4-5-7-16(15)22(28)26-25-21/h4-7,12-13H,8-11H2,1-3H3,(H,23,27)(H,24,25)(H,26,28). The lowest BCUT2D eigenvalue weighted by Gasteiger charge is -2.14. The Balaban J connectivity index is 1.51. The highest BCUT2D eigenvalue weighted by atomic mass is 16.5. The molecule has 9 heteroatoms. The molecule has 0 spiro atoms. The van der Waals surface area contributed by atoms with Gasteiger partial charge < -0.3 is 24.8 Å². The molecule has 3 aromatic rings. The number of rotatable bonds is 10. The Kier molecular flexibility index (Phi) is 7.31. The number of benzene rings is 2. The quantitative estimate of drug-likeness (QED) is 0.425. The minimum Gasteiger partial charge on any atom is -0.493 e. The smallest absolute Gasteiger partial charge is 0.272 e. The van der Waals surface area contributed by atoms with Gasteiger partial charge in [-0.05, 0) is 30.2 Å². The van der Waals surface area contributed by atoms with Gasteiger partial charge in [-0.2, -0.15) is 5.10 Å². The third kappa shape index (κ3) is 5.25. The molecule has 1 aromatic heterocycles. The van der Waals surface area contributed by atoms with E-state index in [4.69, 9.17) is 14.2 Å². The van der Waals surface area contributed by atoms with Crippen molar-refractivity contribution in [3.8, 4) is 17.2 Å². The van der Waals surface area contributed by atoms with Crippen molar-refractivity contribution in [2.45, 2.75) is 12.8 Å². The van der Waals surface area contributed by atoms with E-state index >= 15 is 0 Å². The van der Waals surface area contributed by atoms with Crippen LogP contribution in [0.4, 0.5) is 5.82 Å². The normalized spacial score (nSPS) is 10.5. The third-order valence-corrected chi connectivity index (χ3v) is 4.80. The number of aryl methyl sites for hydroxylation is 1. The molecule has 0 aliphatic carbocycles. The molecular formula is C22H26N4O5. The lowest BCUT2D eigenvalue weighted by molar-refractivity contribution is -0.120. The Bertz CT molecular complexity index is 1090. The summed E-state index contributed by atoms with van der Waals surface area (Å²) >= 11 is 0. The van der Waals surface area contributed by atoms with Crippen molar-refractivity contribution in [3.63, 3.8) is 0 Å². The van der Waals surface area contributed by atoms with E-state index in [0.29, 0.717) is 54.4 Å². The van der Waals surface area contributed by atoms with Crippen LogP contribution in [0.15, 0.2) is 41.2 Å². The molecule has 164 valence electrons. The first-order valence-electron chi connectivity index (χ1n) is 9.84. The number of anilines is 1. The highest BCUT2D eigenvalue weighted by Crippen LogP contribution is 2.38. The van der Waals surface area contributed by atoms with Gasteiger partial charge in [-0.1, -0.05) is 18.2 Å². The topological polar surface area (TPSA) is 115 Å². The van der Waals surface area contributed by atoms with Crippen LogP contribution in [0.25, 0.3) is 10.8 Å². The fraction of sp³-hybridized carbons (Fsp3) is 0.318. The van der Waals surface area contributed by atoms with Gasteiger partial charge in [-0.25, -0.2) is 5.10 Å². The molecule has 0 radical (unpaired) electrons. The maximum atomic E-state index is 12.2. The number of nitrogens with one attached hydrogen (secondary N) is 3. The van der Waals surface area contributed by atoms with Gasteiger partial charge in [-0.3, -0.25) is 9.59 Å². The van der Waals surface area contributed by atoms with Gasteiger partial charge in [0.15, 0.2) is 17.3 Å². The van der Waals surface area contributed by atoms with E-state index in [1.165, 1.54) is 0 Å². The average molecular weight is 426 g/mol. The number of hydrogen-bond donors (Lipinski definition) is 3. The van der Waals surface area contributed by atoms with Crippen molar-refractivity contribution in [3.05, 3.63) is 52.3 Å². The summed E-state index contributed by atoms with van der Waals surface area (Å²) in [6.07, 6.45) is 0.848. The number of H-pyrrole nitrogens is 1. The molecule has 0 aliphatic heterocycles. The monoisotopic (exact) mass is 426 g/mol. The van der Waals surface area contributed by atoms with Crippen LogP contribution in [0.1, 0.15) is 12.0 Å². The summed E-state index contributed by atoms with van der Waals surface area (Å²) < 4.78 is 16.0. The first-order chi connectivity index (χ1) is 15.1. The fourth-order valence-corrected chi connectivity index (χ4v) is 3.26. The number of fused-ring (bicyclic) bond motifs is 1. The van der Waals surface area contributed by atoms with Crippen LogP contribution in [0, 0.1) is 0 Å². The lowest BCUT2D eigenvalue weighted by Crippen LogP contribution is -2.29. The molecule has 0 saturated carbocycles. The highest BCUT2D eigenvalue weighted by molar-refractivity contribution is 5.90.